The van der Waals surface area contributed by atoms with Gasteiger partial charge in [-0.15, -0.1) is 0 Å². The molecule has 132 valence electrons. The van der Waals surface area contributed by atoms with Gasteiger partial charge in [-0.05, 0) is 55.7 Å². The number of anilines is 1. The zero-order valence-corrected chi connectivity index (χ0v) is 13.8. The van der Waals surface area contributed by atoms with E-state index in [0.29, 0.717) is 24.5 Å². The number of ether oxygens (including phenoxy) is 1. The molecule has 1 atom stereocenters. The van der Waals surface area contributed by atoms with Crippen molar-refractivity contribution in [1.82, 2.24) is 9.88 Å². The van der Waals surface area contributed by atoms with Gasteiger partial charge in [0.05, 0.1) is 0 Å². The highest BCUT2D eigenvalue weighted by Gasteiger charge is 2.26. The highest BCUT2D eigenvalue weighted by molar-refractivity contribution is 5.90. The fourth-order valence-electron chi connectivity index (χ4n) is 2.88. The number of hydrogen-bond acceptors (Lipinski definition) is 4. The van der Waals surface area contributed by atoms with E-state index >= 15 is 0 Å². The van der Waals surface area contributed by atoms with E-state index in [4.69, 9.17) is 10.5 Å². The molecule has 1 aliphatic heterocycles. The molecular formula is C18H21FN4O2. The van der Waals surface area contributed by atoms with Crippen molar-refractivity contribution in [1.29, 1.82) is 0 Å². The molecule has 0 bridgehead atoms. The first-order chi connectivity index (χ1) is 12.2. The number of nitrogens with zero attached hydrogens (tertiary/aromatic N) is 2. The number of likely N-dealkylation sites (tertiary alicyclic amines) is 1. The van der Waals surface area contributed by atoms with Crippen LogP contribution in [0.3, 0.4) is 0 Å². The number of rotatable bonds is 4. The van der Waals surface area contributed by atoms with Gasteiger partial charge in [0.1, 0.15) is 17.3 Å². The summed E-state index contributed by atoms with van der Waals surface area (Å²) in [6, 6.07) is 8.87. The Hall–Kier alpha value is -2.67. The van der Waals surface area contributed by atoms with Crippen LogP contribution in [0.25, 0.3) is 0 Å². The fourth-order valence-corrected chi connectivity index (χ4v) is 2.88. The van der Waals surface area contributed by atoms with Gasteiger partial charge < -0.3 is 20.7 Å². The van der Waals surface area contributed by atoms with E-state index < -0.39 is 0 Å². The molecule has 1 aromatic carbocycles. The Morgan fingerprint density at radius 3 is 2.88 bits per heavy atom. The minimum atomic E-state index is -0.347. The second-order valence-corrected chi connectivity index (χ2v) is 5.92. The van der Waals surface area contributed by atoms with Crippen LogP contribution in [-0.4, -0.2) is 35.0 Å². The van der Waals surface area contributed by atoms with Crippen molar-refractivity contribution in [2.75, 3.05) is 18.4 Å². The fraction of sp³-hybridized carbons (Fsp3) is 0.333. The molecule has 1 unspecified atom stereocenters. The first kappa shape index (κ1) is 17.2. The molecule has 1 fully saturated rings. The number of carbonyl (C=O) groups is 1. The summed E-state index contributed by atoms with van der Waals surface area (Å²) in [4.78, 5) is 18.5. The van der Waals surface area contributed by atoms with Crippen LogP contribution in [0.2, 0.25) is 0 Å². The van der Waals surface area contributed by atoms with E-state index in [2.05, 4.69) is 10.3 Å². The van der Waals surface area contributed by atoms with Crippen LogP contribution in [0.15, 0.2) is 42.6 Å². The van der Waals surface area contributed by atoms with Crippen LogP contribution in [0.1, 0.15) is 19.3 Å². The topological polar surface area (TPSA) is 80.5 Å². The van der Waals surface area contributed by atoms with Gasteiger partial charge in [0.2, 0.25) is 5.88 Å². The van der Waals surface area contributed by atoms with Crippen LogP contribution in [0, 0.1) is 5.82 Å². The first-order valence-electron chi connectivity index (χ1n) is 8.33. The summed E-state index contributed by atoms with van der Waals surface area (Å²) in [5.41, 5.74) is 6.24. The quantitative estimate of drug-likeness (QED) is 0.891. The van der Waals surface area contributed by atoms with Crippen molar-refractivity contribution in [2.24, 2.45) is 5.73 Å². The Morgan fingerprint density at radius 2 is 2.12 bits per heavy atom. The summed E-state index contributed by atoms with van der Waals surface area (Å²) in [5.74, 6) is 0.344. The number of piperidine rings is 1. The second-order valence-electron chi connectivity index (χ2n) is 5.92. The Morgan fingerprint density at radius 1 is 1.32 bits per heavy atom. The Kier molecular flexibility index (Phi) is 5.45. The number of pyridine rings is 1. The number of benzene rings is 1. The monoisotopic (exact) mass is 344 g/mol. The third-order valence-electron chi connectivity index (χ3n) is 4.20. The van der Waals surface area contributed by atoms with Crippen molar-refractivity contribution in [2.45, 2.75) is 25.3 Å². The maximum absolute atomic E-state index is 13.0. The van der Waals surface area contributed by atoms with Gasteiger partial charge in [-0.1, -0.05) is 0 Å². The summed E-state index contributed by atoms with van der Waals surface area (Å²) >= 11 is 0. The molecule has 6 nitrogen and oxygen atoms in total. The Balaban J connectivity index is 1.74. The molecule has 1 aliphatic rings. The molecule has 25 heavy (non-hydrogen) atoms. The van der Waals surface area contributed by atoms with Crippen molar-refractivity contribution >= 4 is 11.7 Å². The zero-order chi connectivity index (χ0) is 17.6. The highest BCUT2D eigenvalue weighted by atomic mass is 19.1. The van der Waals surface area contributed by atoms with Gasteiger partial charge in [0, 0.05) is 25.3 Å². The minimum absolute atomic E-state index is 0.0480. The van der Waals surface area contributed by atoms with E-state index in [1.54, 1.807) is 23.2 Å². The van der Waals surface area contributed by atoms with Gasteiger partial charge in [-0.25, -0.2) is 14.2 Å². The van der Waals surface area contributed by atoms with Crippen LogP contribution in [0.5, 0.6) is 11.6 Å². The van der Waals surface area contributed by atoms with Gasteiger partial charge in [0.25, 0.3) is 0 Å². The lowest BCUT2D eigenvalue weighted by Crippen LogP contribution is -2.49. The SMILES string of the molecule is NCC1CCCCN1C(=O)Nc1cccnc1Oc1ccc(F)cc1. The van der Waals surface area contributed by atoms with Gasteiger partial charge in [0.15, 0.2) is 0 Å². The third kappa shape index (κ3) is 4.24. The first-order valence-corrected chi connectivity index (χ1v) is 8.33. The van der Waals surface area contributed by atoms with Crippen LogP contribution in [-0.2, 0) is 0 Å². The van der Waals surface area contributed by atoms with Crippen molar-refractivity contribution in [3.05, 3.63) is 48.4 Å². The Labute approximate surface area is 145 Å². The molecule has 1 saturated heterocycles. The standard InChI is InChI=1S/C18H21FN4O2/c19-13-6-8-15(9-7-13)25-17-16(5-3-10-21-17)22-18(24)23-11-2-1-4-14(23)12-20/h3,5-10,14H,1-2,4,11-12,20H2,(H,22,24). The number of aromatic nitrogens is 1. The van der Waals surface area contributed by atoms with Crippen molar-refractivity contribution in [3.8, 4) is 11.6 Å². The maximum Gasteiger partial charge on any atom is 0.322 e. The summed E-state index contributed by atoms with van der Waals surface area (Å²) in [5, 5.41) is 2.85. The van der Waals surface area contributed by atoms with E-state index in [0.717, 1.165) is 19.3 Å². The number of urea groups is 1. The van der Waals surface area contributed by atoms with Crippen molar-refractivity contribution < 1.29 is 13.9 Å². The van der Waals surface area contributed by atoms with E-state index in [-0.39, 0.29) is 23.8 Å². The highest BCUT2D eigenvalue weighted by Crippen LogP contribution is 2.28. The van der Waals surface area contributed by atoms with Gasteiger partial charge in [-0.2, -0.15) is 0 Å². The molecule has 2 heterocycles. The second kappa shape index (κ2) is 7.94. The zero-order valence-electron chi connectivity index (χ0n) is 13.8. The minimum Gasteiger partial charge on any atom is -0.437 e. The molecule has 0 saturated carbocycles. The molecule has 7 heteroatoms. The average Bonchev–Trinajstić information content (AvgIpc) is 2.65. The maximum atomic E-state index is 13.0. The summed E-state index contributed by atoms with van der Waals surface area (Å²) in [6.45, 7) is 1.13. The number of carbonyl (C=O) groups excluding carboxylic acids is 1. The lowest BCUT2D eigenvalue weighted by atomic mass is 10.0. The van der Waals surface area contributed by atoms with E-state index in [1.165, 1.54) is 24.3 Å². The van der Waals surface area contributed by atoms with Gasteiger partial charge >= 0.3 is 6.03 Å². The number of halogens is 1. The van der Waals surface area contributed by atoms with Crippen LogP contribution >= 0.6 is 0 Å². The molecular weight excluding hydrogens is 323 g/mol. The largest absolute Gasteiger partial charge is 0.437 e. The molecule has 0 spiro atoms. The van der Waals surface area contributed by atoms with E-state index in [9.17, 15) is 9.18 Å². The number of hydrogen-bond donors (Lipinski definition) is 2. The van der Waals surface area contributed by atoms with Gasteiger partial charge in [-0.3, -0.25) is 0 Å². The lowest BCUT2D eigenvalue weighted by Gasteiger charge is -2.35. The normalized spacial score (nSPS) is 17.2. The van der Waals surface area contributed by atoms with Crippen LogP contribution in [0.4, 0.5) is 14.9 Å². The third-order valence-corrected chi connectivity index (χ3v) is 4.20. The predicted octanol–water partition coefficient (Wildman–Crippen LogP) is 3.36. The molecule has 1 aromatic heterocycles. The molecule has 0 radical (unpaired) electrons. The average molecular weight is 344 g/mol. The lowest BCUT2D eigenvalue weighted by molar-refractivity contribution is 0.166. The van der Waals surface area contributed by atoms with Crippen molar-refractivity contribution in [3.63, 3.8) is 0 Å². The molecule has 2 amide bonds. The number of amides is 2. The summed E-state index contributed by atoms with van der Waals surface area (Å²) in [7, 11) is 0. The predicted molar refractivity (Wildman–Crippen MR) is 93.1 cm³/mol. The number of nitrogens with one attached hydrogen (secondary N) is 1. The van der Waals surface area contributed by atoms with Crippen LogP contribution < -0.4 is 15.8 Å². The molecule has 3 N–H and O–H groups in total. The summed E-state index contributed by atoms with van der Waals surface area (Å²) in [6.07, 6.45) is 4.53. The smallest absolute Gasteiger partial charge is 0.322 e. The molecule has 3 rings (SSSR count). The summed E-state index contributed by atoms with van der Waals surface area (Å²) < 4.78 is 18.7. The number of nitrogens with two attached hydrogens (primary N) is 1. The Bertz CT molecular complexity index is 723. The van der Waals surface area contributed by atoms with E-state index in [1.807, 2.05) is 0 Å². The molecule has 2 aromatic rings. The molecule has 0 aliphatic carbocycles.